The molecule has 0 aliphatic heterocycles. The molecule has 0 fully saturated rings. The Balaban J connectivity index is 2.00. The van der Waals surface area contributed by atoms with Crippen LogP contribution < -0.4 is 5.32 Å². The summed E-state index contributed by atoms with van der Waals surface area (Å²) in [5.41, 5.74) is 1.03. The largest absolute Gasteiger partial charge is 0.466 e. The van der Waals surface area contributed by atoms with Gasteiger partial charge in [0.05, 0.1) is 6.04 Å². The molecule has 0 aliphatic carbocycles. The predicted molar refractivity (Wildman–Crippen MR) is 96.1 cm³/mol. The molecule has 0 spiro atoms. The van der Waals surface area contributed by atoms with Crippen molar-refractivity contribution in [1.82, 2.24) is 5.32 Å². The molecule has 5 nitrogen and oxygen atoms in total. The SMILES string of the molecule is Cc1cc(C(=O)O[C@@H](C)C(=O)N[C@@H](C)c2ccc(Cl)cc2Cl)c(C)o1. The maximum atomic E-state index is 12.3. The molecule has 134 valence electrons. The monoisotopic (exact) mass is 383 g/mol. The summed E-state index contributed by atoms with van der Waals surface area (Å²) in [4.78, 5) is 24.4. The van der Waals surface area contributed by atoms with Gasteiger partial charge < -0.3 is 14.5 Å². The molecule has 1 N–H and O–H groups in total. The summed E-state index contributed by atoms with van der Waals surface area (Å²) in [5, 5.41) is 3.73. The number of carbonyl (C=O) groups excluding carboxylic acids is 2. The van der Waals surface area contributed by atoms with E-state index >= 15 is 0 Å². The second kappa shape index (κ2) is 7.93. The maximum absolute atomic E-state index is 12.3. The fraction of sp³-hybridized carbons (Fsp3) is 0.333. The van der Waals surface area contributed by atoms with Crippen LogP contribution in [0.1, 0.15) is 47.3 Å². The van der Waals surface area contributed by atoms with Crippen molar-refractivity contribution in [3.8, 4) is 0 Å². The molecule has 0 unspecified atom stereocenters. The van der Waals surface area contributed by atoms with Crippen LogP contribution in [0.4, 0.5) is 0 Å². The lowest BCUT2D eigenvalue weighted by Crippen LogP contribution is -2.37. The van der Waals surface area contributed by atoms with Crippen molar-refractivity contribution in [3.05, 3.63) is 57.0 Å². The van der Waals surface area contributed by atoms with Crippen LogP contribution in [0.5, 0.6) is 0 Å². The van der Waals surface area contributed by atoms with Gasteiger partial charge in [-0.25, -0.2) is 4.79 Å². The van der Waals surface area contributed by atoms with E-state index in [4.69, 9.17) is 32.4 Å². The van der Waals surface area contributed by atoms with E-state index in [1.165, 1.54) is 6.92 Å². The van der Waals surface area contributed by atoms with Gasteiger partial charge in [-0.15, -0.1) is 0 Å². The van der Waals surface area contributed by atoms with Gasteiger partial charge in [0.1, 0.15) is 17.1 Å². The average Bonchev–Trinajstić information content (AvgIpc) is 2.85. The molecule has 0 saturated carbocycles. The first kappa shape index (κ1) is 19.3. The minimum atomic E-state index is -0.962. The lowest BCUT2D eigenvalue weighted by molar-refractivity contribution is -0.129. The zero-order valence-electron chi connectivity index (χ0n) is 14.4. The highest BCUT2D eigenvalue weighted by atomic mass is 35.5. The molecular weight excluding hydrogens is 365 g/mol. The van der Waals surface area contributed by atoms with Gasteiger partial charge >= 0.3 is 5.97 Å². The Hall–Kier alpha value is -1.98. The highest BCUT2D eigenvalue weighted by molar-refractivity contribution is 6.35. The quantitative estimate of drug-likeness (QED) is 0.764. The van der Waals surface area contributed by atoms with Gasteiger partial charge in [0, 0.05) is 10.0 Å². The van der Waals surface area contributed by atoms with E-state index in [0.717, 1.165) is 5.56 Å². The summed E-state index contributed by atoms with van der Waals surface area (Å²) in [6.45, 7) is 6.69. The number of nitrogens with one attached hydrogen (secondary N) is 1. The molecule has 1 heterocycles. The molecule has 0 bridgehead atoms. The Morgan fingerprint density at radius 1 is 1.16 bits per heavy atom. The van der Waals surface area contributed by atoms with Crippen molar-refractivity contribution >= 4 is 35.1 Å². The normalized spacial score (nSPS) is 13.2. The molecule has 2 rings (SSSR count). The van der Waals surface area contributed by atoms with Crippen LogP contribution in [0, 0.1) is 13.8 Å². The minimum absolute atomic E-state index is 0.311. The number of carbonyl (C=O) groups is 2. The van der Waals surface area contributed by atoms with E-state index in [0.29, 0.717) is 27.1 Å². The molecule has 1 aromatic carbocycles. The van der Waals surface area contributed by atoms with E-state index in [1.807, 2.05) is 0 Å². The third kappa shape index (κ3) is 4.77. The van der Waals surface area contributed by atoms with E-state index in [1.54, 1.807) is 45.0 Å². The molecule has 1 aromatic heterocycles. The standard InChI is InChI=1S/C18H19Cl2NO4/c1-9-7-15(11(3)24-9)18(23)25-12(4)17(22)21-10(2)14-6-5-13(19)8-16(14)20/h5-8,10,12H,1-4H3,(H,21,22)/t10-,12-/m0/s1. The van der Waals surface area contributed by atoms with Gasteiger partial charge in [-0.05, 0) is 51.5 Å². The summed E-state index contributed by atoms with van der Waals surface area (Å²) < 4.78 is 10.5. The minimum Gasteiger partial charge on any atom is -0.466 e. The number of benzene rings is 1. The van der Waals surface area contributed by atoms with Gasteiger partial charge in [-0.2, -0.15) is 0 Å². The zero-order chi connectivity index (χ0) is 18.7. The molecule has 2 aromatic rings. The van der Waals surface area contributed by atoms with Gasteiger partial charge in [-0.1, -0.05) is 29.3 Å². The Kier molecular flexibility index (Phi) is 6.14. The molecule has 2 atom stereocenters. The van der Waals surface area contributed by atoms with Crippen LogP contribution in [-0.2, 0) is 9.53 Å². The molecule has 0 saturated heterocycles. The summed E-state index contributed by atoms with van der Waals surface area (Å²) in [7, 11) is 0. The molecule has 0 radical (unpaired) electrons. The third-order valence-corrected chi connectivity index (χ3v) is 4.26. The van der Waals surface area contributed by atoms with E-state index < -0.39 is 18.0 Å². The summed E-state index contributed by atoms with van der Waals surface area (Å²) in [6, 6.07) is 6.26. The Morgan fingerprint density at radius 3 is 2.40 bits per heavy atom. The number of ether oxygens (including phenoxy) is 1. The van der Waals surface area contributed by atoms with Gasteiger partial charge in [0.2, 0.25) is 0 Å². The highest BCUT2D eigenvalue weighted by Gasteiger charge is 2.23. The van der Waals surface area contributed by atoms with E-state index in [-0.39, 0.29) is 6.04 Å². The van der Waals surface area contributed by atoms with Crippen LogP contribution in [0.2, 0.25) is 10.0 Å². The third-order valence-electron chi connectivity index (χ3n) is 3.70. The highest BCUT2D eigenvalue weighted by Crippen LogP contribution is 2.26. The first-order valence-corrected chi connectivity index (χ1v) is 8.48. The maximum Gasteiger partial charge on any atom is 0.342 e. The lowest BCUT2D eigenvalue weighted by Gasteiger charge is -2.19. The summed E-state index contributed by atoms with van der Waals surface area (Å²) >= 11 is 12.0. The average molecular weight is 384 g/mol. The van der Waals surface area contributed by atoms with Gasteiger partial charge in [0.15, 0.2) is 6.10 Å². The van der Waals surface area contributed by atoms with Crippen molar-refractivity contribution in [3.63, 3.8) is 0 Å². The van der Waals surface area contributed by atoms with Crippen LogP contribution in [0.15, 0.2) is 28.7 Å². The van der Waals surface area contributed by atoms with Crippen LogP contribution >= 0.6 is 23.2 Å². The molecule has 7 heteroatoms. The number of amides is 1. The van der Waals surface area contributed by atoms with Crippen molar-refractivity contribution in [1.29, 1.82) is 0 Å². The number of esters is 1. The fourth-order valence-corrected chi connectivity index (χ4v) is 2.94. The second-order valence-electron chi connectivity index (χ2n) is 5.77. The van der Waals surface area contributed by atoms with Gasteiger partial charge in [0.25, 0.3) is 5.91 Å². The zero-order valence-corrected chi connectivity index (χ0v) is 15.9. The number of furan rings is 1. The molecule has 0 aliphatic rings. The Morgan fingerprint density at radius 2 is 1.84 bits per heavy atom. The fourth-order valence-electron chi connectivity index (χ4n) is 2.37. The Labute approximate surface area is 156 Å². The first-order chi connectivity index (χ1) is 11.7. The molecule has 1 amide bonds. The number of halogens is 2. The van der Waals surface area contributed by atoms with Crippen molar-refractivity contribution < 1.29 is 18.7 Å². The predicted octanol–water partition coefficient (Wildman–Crippen LogP) is 4.63. The smallest absolute Gasteiger partial charge is 0.342 e. The molecular formula is C18H19Cl2NO4. The topological polar surface area (TPSA) is 68.5 Å². The van der Waals surface area contributed by atoms with Crippen molar-refractivity contribution in [2.75, 3.05) is 0 Å². The summed E-state index contributed by atoms with van der Waals surface area (Å²) in [5.74, 6) is 0.0305. The number of hydrogen-bond donors (Lipinski definition) is 1. The van der Waals surface area contributed by atoms with E-state index in [9.17, 15) is 9.59 Å². The van der Waals surface area contributed by atoms with Crippen molar-refractivity contribution in [2.24, 2.45) is 0 Å². The van der Waals surface area contributed by atoms with Crippen LogP contribution in [0.25, 0.3) is 0 Å². The molecule has 25 heavy (non-hydrogen) atoms. The van der Waals surface area contributed by atoms with Crippen LogP contribution in [0.3, 0.4) is 0 Å². The number of rotatable bonds is 5. The van der Waals surface area contributed by atoms with E-state index in [2.05, 4.69) is 5.32 Å². The first-order valence-electron chi connectivity index (χ1n) is 7.72. The number of hydrogen-bond acceptors (Lipinski definition) is 4. The van der Waals surface area contributed by atoms with Crippen molar-refractivity contribution in [2.45, 2.75) is 39.8 Å². The van der Waals surface area contributed by atoms with Gasteiger partial charge in [-0.3, -0.25) is 4.79 Å². The lowest BCUT2D eigenvalue weighted by atomic mass is 10.1. The summed E-state index contributed by atoms with van der Waals surface area (Å²) in [6.07, 6.45) is -0.962. The number of aryl methyl sites for hydroxylation is 2. The van der Waals surface area contributed by atoms with Crippen LogP contribution in [-0.4, -0.2) is 18.0 Å². The Bertz CT molecular complexity index is 800. The second-order valence-corrected chi connectivity index (χ2v) is 6.61.